The Labute approximate surface area is 130 Å². The molecule has 19 heavy (non-hydrogen) atoms. The van der Waals surface area contributed by atoms with Crippen LogP contribution in [0.15, 0.2) is 22.7 Å². The van der Waals surface area contributed by atoms with Crippen LogP contribution in [-0.2, 0) is 0 Å². The van der Waals surface area contributed by atoms with Gasteiger partial charge in [0.05, 0.1) is 10.7 Å². The molecule has 0 radical (unpaired) electrons. The number of rotatable bonds is 2. The van der Waals surface area contributed by atoms with E-state index in [9.17, 15) is 0 Å². The van der Waals surface area contributed by atoms with Crippen molar-refractivity contribution in [1.82, 2.24) is 0 Å². The molecule has 0 atom stereocenters. The maximum absolute atomic E-state index is 6.23. The van der Waals surface area contributed by atoms with E-state index in [1.165, 1.54) is 25.7 Å². The molecule has 1 aliphatic carbocycles. The number of halogens is 2. The lowest BCUT2D eigenvalue weighted by atomic mass is 9.71. The van der Waals surface area contributed by atoms with Crippen LogP contribution in [0.5, 0.6) is 0 Å². The second-order valence-electron chi connectivity index (χ2n) is 6.68. The van der Waals surface area contributed by atoms with Crippen molar-refractivity contribution in [3.8, 4) is 0 Å². The first-order chi connectivity index (χ1) is 8.86. The second-order valence-corrected chi connectivity index (χ2v) is 8.01. The van der Waals surface area contributed by atoms with Crippen LogP contribution in [0.2, 0.25) is 5.02 Å². The maximum atomic E-state index is 6.23. The normalized spacial score (nSPS) is 24.3. The molecule has 1 saturated carbocycles. The zero-order valence-corrected chi connectivity index (χ0v) is 14.3. The lowest BCUT2D eigenvalue weighted by Crippen LogP contribution is -2.31. The molecule has 0 aliphatic heterocycles. The van der Waals surface area contributed by atoms with E-state index in [2.05, 4.69) is 48.1 Å². The van der Waals surface area contributed by atoms with E-state index < -0.39 is 0 Å². The quantitative estimate of drug-likeness (QED) is 0.681. The average molecular weight is 345 g/mol. The van der Waals surface area contributed by atoms with E-state index in [1.807, 2.05) is 12.1 Å². The van der Waals surface area contributed by atoms with Gasteiger partial charge in [-0.3, -0.25) is 0 Å². The molecule has 1 aliphatic rings. The molecule has 1 nitrogen and oxygen atoms in total. The summed E-state index contributed by atoms with van der Waals surface area (Å²) in [4.78, 5) is 0. The van der Waals surface area contributed by atoms with Crippen molar-refractivity contribution in [3.05, 3.63) is 27.7 Å². The van der Waals surface area contributed by atoms with Crippen LogP contribution >= 0.6 is 27.5 Å². The Morgan fingerprint density at radius 1 is 1.16 bits per heavy atom. The lowest BCUT2D eigenvalue weighted by Gasteiger charge is -2.37. The van der Waals surface area contributed by atoms with Crippen LogP contribution in [0.3, 0.4) is 0 Å². The van der Waals surface area contributed by atoms with Crippen LogP contribution in [0.25, 0.3) is 0 Å². The van der Waals surface area contributed by atoms with Gasteiger partial charge < -0.3 is 5.32 Å². The predicted molar refractivity (Wildman–Crippen MR) is 88.0 cm³/mol. The summed E-state index contributed by atoms with van der Waals surface area (Å²) in [6, 6.07) is 6.54. The monoisotopic (exact) mass is 343 g/mol. The molecule has 1 aromatic carbocycles. The van der Waals surface area contributed by atoms with Gasteiger partial charge in [0.15, 0.2) is 0 Å². The largest absolute Gasteiger partial charge is 0.381 e. The van der Waals surface area contributed by atoms with E-state index in [0.29, 0.717) is 11.5 Å². The standard InChI is InChI=1S/C16H23BrClN/c1-16(2,3)11-4-7-13(8-5-11)19-15-10-12(17)6-9-14(15)18/h6,9-11,13,19H,4-5,7-8H2,1-3H3. The van der Waals surface area contributed by atoms with Gasteiger partial charge in [-0.1, -0.05) is 48.3 Å². The van der Waals surface area contributed by atoms with E-state index in [1.54, 1.807) is 0 Å². The number of nitrogens with one attached hydrogen (secondary N) is 1. The van der Waals surface area contributed by atoms with E-state index in [0.717, 1.165) is 21.1 Å². The first-order valence-electron chi connectivity index (χ1n) is 7.08. The van der Waals surface area contributed by atoms with Crippen LogP contribution in [0.1, 0.15) is 46.5 Å². The molecule has 1 aromatic rings. The summed E-state index contributed by atoms with van der Waals surface area (Å²) in [5, 5.41) is 4.41. The van der Waals surface area contributed by atoms with Crippen LogP contribution in [0.4, 0.5) is 5.69 Å². The third kappa shape index (κ3) is 4.13. The molecular formula is C16H23BrClN. The SMILES string of the molecule is CC(C)(C)C1CCC(Nc2cc(Br)ccc2Cl)CC1. The van der Waals surface area contributed by atoms with Gasteiger partial charge in [-0.2, -0.15) is 0 Å². The third-order valence-electron chi connectivity index (χ3n) is 4.24. The minimum absolute atomic E-state index is 0.443. The lowest BCUT2D eigenvalue weighted by molar-refractivity contribution is 0.173. The molecule has 1 N–H and O–H groups in total. The van der Waals surface area contributed by atoms with E-state index >= 15 is 0 Å². The van der Waals surface area contributed by atoms with Crippen molar-refractivity contribution in [2.45, 2.75) is 52.5 Å². The van der Waals surface area contributed by atoms with Gasteiger partial charge in [-0.05, 0) is 55.2 Å². The van der Waals surface area contributed by atoms with E-state index in [-0.39, 0.29) is 0 Å². The molecule has 1 fully saturated rings. The zero-order valence-electron chi connectivity index (χ0n) is 12.0. The summed E-state index contributed by atoms with van der Waals surface area (Å²) >= 11 is 9.73. The number of hydrogen-bond donors (Lipinski definition) is 1. The average Bonchev–Trinajstić information content (AvgIpc) is 2.33. The first-order valence-corrected chi connectivity index (χ1v) is 8.25. The second kappa shape index (κ2) is 6.05. The summed E-state index contributed by atoms with van der Waals surface area (Å²) in [7, 11) is 0. The van der Waals surface area contributed by atoms with Crippen molar-refractivity contribution in [2.24, 2.45) is 11.3 Å². The fourth-order valence-electron chi connectivity index (χ4n) is 2.93. The number of benzene rings is 1. The smallest absolute Gasteiger partial charge is 0.0638 e. The molecule has 3 heteroatoms. The highest BCUT2D eigenvalue weighted by molar-refractivity contribution is 9.10. The highest BCUT2D eigenvalue weighted by atomic mass is 79.9. The van der Waals surface area contributed by atoms with Crippen molar-refractivity contribution in [1.29, 1.82) is 0 Å². The Kier molecular flexibility index (Phi) is 4.84. The van der Waals surface area contributed by atoms with Crippen LogP contribution < -0.4 is 5.32 Å². The molecule has 2 rings (SSSR count). The van der Waals surface area contributed by atoms with Crippen molar-refractivity contribution < 1.29 is 0 Å². The van der Waals surface area contributed by atoms with Gasteiger partial charge in [0.25, 0.3) is 0 Å². The van der Waals surface area contributed by atoms with Crippen LogP contribution in [0, 0.1) is 11.3 Å². The molecule has 0 saturated heterocycles. The highest BCUT2D eigenvalue weighted by Crippen LogP contribution is 2.39. The minimum Gasteiger partial charge on any atom is -0.381 e. The summed E-state index contributed by atoms with van der Waals surface area (Å²) in [6.45, 7) is 7.07. The Balaban J connectivity index is 1.94. The summed E-state index contributed by atoms with van der Waals surface area (Å²) in [5.74, 6) is 0.850. The van der Waals surface area contributed by atoms with Crippen LogP contribution in [-0.4, -0.2) is 6.04 Å². The molecule has 0 spiro atoms. The molecule has 106 valence electrons. The van der Waals surface area contributed by atoms with Gasteiger partial charge in [-0.15, -0.1) is 0 Å². The topological polar surface area (TPSA) is 12.0 Å². The minimum atomic E-state index is 0.443. The Bertz CT molecular complexity index is 431. The molecule has 0 heterocycles. The first kappa shape index (κ1) is 15.2. The molecule has 0 aromatic heterocycles. The fourth-order valence-corrected chi connectivity index (χ4v) is 3.46. The molecule has 0 unspecified atom stereocenters. The van der Waals surface area contributed by atoms with Gasteiger partial charge in [0.2, 0.25) is 0 Å². The predicted octanol–water partition coefficient (Wildman–Crippen LogP) is 6.12. The zero-order chi connectivity index (χ0) is 14.0. The molecule has 0 bridgehead atoms. The molecular weight excluding hydrogens is 322 g/mol. The summed E-state index contributed by atoms with van der Waals surface area (Å²) in [6.07, 6.45) is 5.11. The summed E-state index contributed by atoms with van der Waals surface area (Å²) in [5.41, 5.74) is 1.49. The van der Waals surface area contributed by atoms with Crippen molar-refractivity contribution in [2.75, 3.05) is 5.32 Å². The summed E-state index contributed by atoms with van der Waals surface area (Å²) < 4.78 is 1.07. The Morgan fingerprint density at radius 3 is 2.37 bits per heavy atom. The van der Waals surface area contributed by atoms with Gasteiger partial charge in [0.1, 0.15) is 0 Å². The van der Waals surface area contributed by atoms with Gasteiger partial charge in [-0.25, -0.2) is 0 Å². The van der Waals surface area contributed by atoms with Crippen molar-refractivity contribution in [3.63, 3.8) is 0 Å². The van der Waals surface area contributed by atoms with Gasteiger partial charge >= 0.3 is 0 Å². The van der Waals surface area contributed by atoms with Gasteiger partial charge in [0, 0.05) is 10.5 Å². The Morgan fingerprint density at radius 2 is 1.79 bits per heavy atom. The maximum Gasteiger partial charge on any atom is 0.0638 e. The Hall–Kier alpha value is -0.210. The van der Waals surface area contributed by atoms with Crippen molar-refractivity contribution >= 4 is 33.2 Å². The molecule has 0 amide bonds. The number of hydrogen-bond acceptors (Lipinski definition) is 1. The third-order valence-corrected chi connectivity index (χ3v) is 5.06. The highest BCUT2D eigenvalue weighted by Gasteiger charge is 2.29. The number of anilines is 1. The fraction of sp³-hybridized carbons (Fsp3) is 0.625. The van der Waals surface area contributed by atoms with E-state index in [4.69, 9.17) is 11.6 Å².